The van der Waals surface area contributed by atoms with Gasteiger partial charge in [0.05, 0.1) is 14.0 Å². The van der Waals surface area contributed by atoms with Gasteiger partial charge in [-0.05, 0) is 6.07 Å². The molecular weight excluding hydrogens is 170 g/mol. The molecule has 0 aliphatic rings. The summed E-state index contributed by atoms with van der Waals surface area (Å²) in [5, 5.41) is 0. The van der Waals surface area contributed by atoms with Gasteiger partial charge in [-0.3, -0.25) is 0 Å². The molecule has 13 heavy (non-hydrogen) atoms. The molecule has 0 radical (unpaired) electrons. The number of esters is 1. The SMILES string of the molecule is COC(=O)c1ccc[n+](C(C)=O)c1. The first-order valence-electron chi connectivity index (χ1n) is 3.75. The molecule has 4 heteroatoms. The Morgan fingerprint density at radius 1 is 1.46 bits per heavy atom. The summed E-state index contributed by atoms with van der Waals surface area (Å²) < 4.78 is 5.83. The minimum Gasteiger partial charge on any atom is -0.465 e. The molecule has 1 aromatic rings. The van der Waals surface area contributed by atoms with Crippen molar-refractivity contribution in [2.75, 3.05) is 7.11 Å². The van der Waals surface area contributed by atoms with Crippen molar-refractivity contribution in [2.45, 2.75) is 6.92 Å². The van der Waals surface area contributed by atoms with Gasteiger partial charge in [0, 0.05) is 6.07 Å². The second-order valence-corrected chi connectivity index (χ2v) is 2.51. The van der Waals surface area contributed by atoms with E-state index in [0.717, 1.165) is 0 Å². The molecule has 0 saturated carbocycles. The van der Waals surface area contributed by atoms with Gasteiger partial charge in [-0.2, -0.15) is 0 Å². The number of hydrogen-bond acceptors (Lipinski definition) is 3. The summed E-state index contributed by atoms with van der Waals surface area (Å²) in [4.78, 5) is 22.0. The lowest BCUT2D eigenvalue weighted by Crippen LogP contribution is -2.40. The van der Waals surface area contributed by atoms with Crippen LogP contribution in [0.2, 0.25) is 0 Å². The lowest BCUT2D eigenvalue weighted by molar-refractivity contribution is -0.573. The zero-order valence-corrected chi connectivity index (χ0v) is 7.48. The Hall–Kier alpha value is -1.71. The molecule has 1 rings (SSSR count). The molecule has 1 heterocycles. The molecule has 0 aliphatic heterocycles. The molecule has 0 atom stereocenters. The van der Waals surface area contributed by atoms with Crippen LogP contribution in [0.25, 0.3) is 0 Å². The van der Waals surface area contributed by atoms with Gasteiger partial charge < -0.3 is 4.74 Å². The van der Waals surface area contributed by atoms with Gasteiger partial charge in [-0.15, -0.1) is 4.57 Å². The summed E-state index contributed by atoms with van der Waals surface area (Å²) >= 11 is 0. The Kier molecular flexibility index (Phi) is 2.74. The van der Waals surface area contributed by atoms with Crippen molar-refractivity contribution in [3.05, 3.63) is 30.1 Å². The van der Waals surface area contributed by atoms with Crippen LogP contribution in [0.5, 0.6) is 0 Å². The van der Waals surface area contributed by atoms with E-state index in [1.54, 1.807) is 18.3 Å². The highest BCUT2D eigenvalue weighted by Gasteiger charge is 2.12. The highest BCUT2D eigenvalue weighted by molar-refractivity contribution is 5.88. The van der Waals surface area contributed by atoms with Crippen molar-refractivity contribution < 1.29 is 18.9 Å². The van der Waals surface area contributed by atoms with Crippen LogP contribution >= 0.6 is 0 Å². The standard InChI is InChI=1S/C9H10NO3/c1-7(11)10-5-3-4-8(6-10)9(12)13-2/h3-6H,1-2H3/q+1. The summed E-state index contributed by atoms with van der Waals surface area (Å²) in [5.41, 5.74) is 0.361. The zero-order chi connectivity index (χ0) is 9.84. The number of pyridine rings is 1. The van der Waals surface area contributed by atoms with Gasteiger partial charge in [0.2, 0.25) is 0 Å². The van der Waals surface area contributed by atoms with Crippen LogP contribution < -0.4 is 4.57 Å². The van der Waals surface area contributed by atoms with Crippen molar-refractivity contribution in [3.8, 4) is 0 Å². The van der Waals surface area contributed by atoms with Gasteiger partial charge >= 0.3 is 11.9 Å². The van der Waals surface area contributed by atoms with E-state index in [1.165, 1.54) is 24.8 Å². The highest BCUT2D eigenvalue weighted by atomic mass is 16.5. The zero-order valence-electron chi connectivity index (χ0n) is 7.48. The summed E-state index contributed by atoms with van der Waals surface area (Å²) in [6.07, 6.45) is 3.02. The van der Waals surface area contributed by atoms with Crippen LogP contribution in [0.15, 0.2) is 24.5 Å². The molecule has 0 saturated heterocycles. The summed E-state index contributed by atoms with van der Waals surface area (Å²) in [7, 11) is 1.30. The van der Waals surface area contributed by atoms with E-state index in [2.05, 4.69) is 4.74 Å². The average molecular weight is 180 g/mol. The van der Waals surface area contributed by atoms with Gasteiger partial charge in [0.15, 0.2) is 12.4 Å². The Balaban J connectivity index is 3.05. The fourth-order valence-electron chi connectivity index (χ4n) is 0.910. The molecule has 4 nitrogen and oxygen atoms in total. The van der Waals surface area contributed by atoms with Crippen molar-refractivity contribution in [1.29, 1.82) is 0 Å². The maximum absolute atomic E-state index is 11.0. The van der Waals surface area contributed by atoms with Crippen LogP contribution in [-0.2, 0) is 4.74 Å². The second-order valence-electron chi connectivity index (χ2n) is 2.51. The summed E-state index contributed by atoms with van der Waals surface area (Å²) in [6, 6.07) is 3.21. The molecule has 0 amide bonds. The molecular formula is C9H10NO3+. The number of carbonyl (C=O) groups excluding carboxylic acids is 2. The normalized spacial score (nSPS) is 9.38. The number of ether oxygens (including phenoxy) is 1. The molecule has 0 spiro atoms. The van der Waals surface area contributed by atoms with E-state index < -0.39 is 5.97 Å². The average Bonchev–Trinajstić information content (AvgIpc) is 2.17. The van der Waals surface area contributed by atoms with Crippen LogP contribution in [0.4, 0.5) is 0 Å². The van der Waals surface area contributed by atoms with Crippen LogP contribution in [0.3, 0.4) is 0 Å². The Bertz CT molecular complexity index is 346. The molecule has 0 N–H and O–H groups in total. The fourth-order valence-corrected chi connectivity index (χ4v) is 0.910. The van der Waals surface area contributed by atoms with E-state index in [1.807, 2.05) is 0 Å². The minimum atomic E-state index is -0.449. The third-order valence-corrected chi connectivity index (χ3v) is 1.59. The monoisotopic (exact) mass is 180 g/mol. The Morgan fingerprint density at radius 2 is 2.15 bits per heavy atom. The van der Waals surface area contributed by atoms with E-state index in [4.69, 9.17) is 0 Å². The van der Waals surface area contributed by atoms with E-state index >= 15 is 0 Å². The third kappa shape index (κ3) is 2.11. The van der Waals surface area contributed by atoms with Crippen LogP contribution in [0, 0.1) is 0 Å². The minimum absolute atomic E-state index is 0.147. The van der Waals surface area contributed by atoms with Crippen molar-refractivity contribution in [1.82, 2.24) is 0 Å². The quantitative estimate of drug-likeness (QED) is 0.465. The topological polar surface area (TPSA) is 47.2 Å². The molecule has 0 aliphatic carbocycles. The first-order chi connectivity index (χ1) is 6.15. The molecule has 68 valence electrons. The smallest absolute Gasteiger partial charge is 0.389 e. The van der Waals surface area contributed by atoms with E-state index in [0.29, 0.717) is 5.56 Å². The van der Waals surface area contributed by atoms with Crippen molar-refractivity contribution in [2.24, 2.45) is 0 Å². The first kappa shape index (κ1) is 9.38. The van der Waals surface area contributed by atoms with Crippen molar-refractivity contribution >= 4 is 11.9 Å². The predicted molar refractivity (Wildman–Crippen MR) is 44.3 cm³/mol. The second kappa shape index (κ2) is 3.80. The number of rotatable bonds is 1. The molecule has 0 fully saturated rings. The van der Waals surface area contributed by atoms with Gasteiger partial charge in [0.25, 0.3) is 0 Å². The number of nitrogens with zero attached hydrogens (tertiary/aromatic N) is 1. The maximum Gasteiger partial charge on any atom is 0.389 e. The first-order valence-corrected chi connectivity index (χ1v) is 3.75. The summed E-state index contributed by atoms with van der Waals surface area (Å²) in [6.45, 7) is 1.42. The van der Waals surface area contributed by atoms with Gasteiger partial charge in [-0.25, -0.2) is 9.59 Å². The van der Waals surface area contributed by atoms with E-state index in [-0.39, 0.29) is 5.91 Å². The molecule has 1 aromatic heterocycles. The lowest BCUT2D eigenvalue weighted by atomic mass is 10.3. The maximum atomic E-state index is 11.0. The van der Waals surface area contributed by atoms with Crippen LogP contribution in [0.1, 0.15) is 22.1 Å². The molecule has 0 bridgehead atoms. The summed E-state index contributed by atoms with van der Waals surface area (Å²) in [5.74, 6) is -0.596. The van der Waals surface area contributed by atoms with Crippen molar-refractivity contribution in [3.63, 3.8) is 0 Å². The Labute approximate surface area is 75.8 Å². The highest BCUT2D eigenvalue weighted by Crippen LogP contribution is 1.96. The molecule has 0 aromatic carbocycles. The van der Waals surface area contributed by atoms with Crippen LogP contribution in [-0.4, -0.2) is 19.0 Å². The Morgan fingerprint density at radius 3 is 2.69 bits per heavy atom. The predicted octanol–water partition coefficient (Wildman–Crippen LogP) is 0.421. The number of hydrogen-bond donors (Lipinski definition) is 0. The van der Waals surface area contributed by atoms with Gasteiger partial charge in [0.1, 0.15) is 5.56 Å². The number of carbonyl (C=O) groups is 2. The third-order valence-electron chi connectivity index (χ3n) is 1.59. The number of methoxy groups -OCH3 is 1. The van der Waals surface area contributed by atoms with Gasteiger partial charge in [-0.1, -0.05) is 0 Å². The lowest BCUT2D eigenvalue weighted by Gasteiger charge is -1.95. The largest absolute Gasteiger partial charge is 0.465 e. The fraction of sp³-hybridized carbons (Fsp3) is 0.222. The number of aromatic nitrogens is 1. The molecule has 0 unspecified atom stereocenters. The van der Waals surface area contributed by atoms with E-state index in [9.17, 15) is 9.59 Å².